The van der Waals surface area contributed by atoms with Gasteiger partial charge in [0.2, 0.25) is 3.79 Å². The smallest absolute Gasteiger partial charge is 0.225 e. The largest absolute Gasteiger partial charge is 0.282 e. The summed E-state index contributed by atoms with van der Waals surface area (Å²) in [5.74, 6) is 0. The van der Waals surface area contributed by atoms with Crippen LogP contribution in [0, 0.1) is 13.8 Å². The van der Waals surface area contributed by atoms with Crippen molar-refractivity contribution in [2.45, 2.75) is 13.8 Å². The second-order valence-electron chi connectivity index (χ2n) is 3.09. The van der Waals surface area contributed by atoms with Crippen LogP contribution in [-0.4, -0.2) is 18.4 Å². The van der Waals surface area contributed by atoms with Crippen LogP contribution in [0.25, 0.3) is 5.65 Å². The zero-order valence-electron chi connectivity index (χ0n) is 7.78. The lowest BCUT2D eigenvalue weighted by Gasteiger charge is -2.01. The highest BCUT2D eigenvalue weighted by Crippen LogP contribution is 2.13. The molecule has 2 aromatic heterocycles. The van der Waals surface area contributed by atoms with Gasteiger partial charge in [-0.1, -0.05) is 0 Å². The van der Waals surface area contributed by atoms with Crippen LogP contribution in [0.2, 0.25) is 0 Å². The first kappa shape index (κ1) is 9.57. The van der Waals surface area contributed by atoms with Crippen molar-refractivity contribution in [3.05, 3.63) is 29.2 Å². The minimum absolute atomic E-state index is 0.0114. The quantitative estimate of drug-likeness (QED) is 0.597. The predicted octanol–water partition coefficient (Wildman–Crippen LogP) is 1.92. The highest BCUT2D eigenvalue weighted by molar-refractivity contribution is 14.1. The molecule has 2 rings (SSSR count). The molecule has 0 bridgehead atoms. The molecule has 0 spiro atoms. The Morgan fingerprint density at radius 3 is 2.86 bits per heavy atom. The Kier molecular flexibility index (Phi) is 2.26. The fourth-order valence-corrected chi connectivity index (χ4v) is 1.89. The van der Waals surface area contributed by atoms with Crippen LogP contribution < -0.4 is 0 Å². The summed E-state index contributed by atoms with van der Waals surface area (Å²) in [5, 5.41) is 4.25. The van der Waals surface area contributed by atoms with Crippen LogP contribution >= 0.6 is 22.6 Å². The summed E-state index contributed by atoms with van der Waals surface area (Å²) in [7, 11) is 0. The molecule has 5 heteroatoms. The fraction of sp³-hybridized carbons (Fsp3) is 0.222. The van der Waals surface area contributed by atoms with Crippen molar-refractivity contribution in [1.29, 1.82) is 0 Å². The van der Waals surface area contributed by atoms with E-state index in [1.54, 1.807) is 33.3 Å². The van der Waals surface area contributed by atoms with Gasteiger partial charge in [0.15, 0.2) is 5.65 Å². The number of carbonyl (C=O) groups excluding carboxylic acids is 1. The second-order valence-corrected chi connectivity index (χ2v) is 4.07. The number of carbonyl (C=O) groups is 1. The summed E-state index contributed by atoms with van der Waals surface area (Å²) in [6, 6.07) is 1.88. The van der Waals surface area contributed by atoms with Crippen molar-refractivity contribution < 1.29 is 4.79 Å². The van der Waals surface area contributed by atoms with E-state index in [0.29, 0.717) is 5.56 Å². The molecule has 0 saturated heterocycles. The van der Waals surface area contributed by atoms with Crippen LogP contribution in [0.3, 0.4) is 0 Å². The van der Waals surface area contributed by atoms with Gasteiger partial charge in [0.1, 0.15) is 0 Å². The standard InChI is InChI=1S/C9H8IN3O/c1-5-3-8-11-4-7(9(10)14)6(2)13(8)12-5/h3-4H,1-2H3. The van der Waals surface area contributed by atoms with E-state index in [0.717, 1.165) is 17.0 Å². The minimum Gasteiger partial charge on any atom is -0.282 e. The van der Waals surface area contributed by atoms with Crippen molar-refractivity contribution in [3.63, 3.8) is 0 Å². The number of aromatic nitrogens is 3. The van der Waals surface area contributed by atoms with Gasteiger partial charge >= 0.3 is 0 Å². The maximum absolute atomic E-state index is 11.2. The Morgan fingerprint density at radius 1 is 1.50 bits per heavy atom. The molecule has 4 nitrogen and oxygen atoms in total. The molecule has 0 unspecified atom stereocenters. The van der Waals surface area contributed by atoms with E-state index >= 15 is 0 Å². The normalized spacial score (nSPS) is 10.8. The van der Waals surface area contributed by atoms with Gasteiger partial charge in [-0.05, 0) is 13.8 Å². The molecule has 0 fully saturated rings. The first-order valence-electron chi connectivity index (χ1n) is 4.11. The van der Waals surface area contributed by atoms with Gasteiger partial charge < -0.3 is 0 Å². The summed E-state index contributed by atoms with van der Waals surface area (Å²) in [4.78, 5) is 15.4. The summed E-state index contributed by atoms with van der Waals surface area (Å²) in [6.45, 7) is 3.77. The Hall–Kier alpha value is -0.980. The van der Waals surface area contributed by atoms with E-state index in [4.69, 9.17) is 0 Å². The van der Waals surface area contributed by atoms with E-state index in [-0.39, 0.29) is 3.79 Å². The van der Waals surface area contributed by atoms with Gasteiger partial charge in [0.25, 0.3) is 0 Å². The monoisotopic (exact) mass is 301 g/mol. The van der Waals surface area contributed by atoms with Crippen LogP contribution in [0.4, 0.5) is 0 Å². The highest BCUT2D eigenvalue weighted by Gasteiger charge is 2.10. The number of rotatable bonds is 1. The number of nitrogens with zero attached hydrogens (tertiary/aromatic N) is 3. The molecule has 0 saturated carbocycles. The molecule has 14 heavy (non-hydrogen) atoms. The topological polar surface area (TPSA) is 47.3 Å². The Morgan fingerprint density at radius 2 is 2.21 bits per heavy atom. The van der Waals surface area contributed by atoms with E-state index in [1.165, 1.54) is 0 Å². The number of aryl methyl sites for hydroxylation is 2. The van der Waals surface area contributed by atoms with Gasteiger partial charge in [0, 0.05) is 34.9 Å². The summed E-state index contributed by atoms with van der Waals surface area (Å²) in [5.41, 5.74) is 3.13. The molecule has 0 atom stereocenters. The first-order chi connectivity index (χ1) is 6.59. The SMILES string of the molecule is Cc1cc2ncc(C(=O)I)c(C)n2n1. The fourth-order valence-electron chi connectivity index (χ4n) is 1.36. The zero-order valence-corrected chi connectivity index (χ0v) is 9.94. The molecule has 72 valence electrons. The van der Waals surface area contributed by atoms with E-state index in [1.807, 2.05) is 19.9 Å². The maximum Gasteiger partial charge on any atom is 0.225 e. The third-order valence-corrected chi connectivity index (χ3v) is 2.64. The number of hydrogen-bond acceptors (Lipinski definition) is 3. The molecule has 2 heterocycles. The summed E-state index contributed by atoms with van der Waals surface area (Å²) >= 11 is 1.75. The van der Waals surface area contributed by atoms with E-state index in [2.05, 4.69) is 10.1 Å². The van der Waals surface area contributed by atoms with Gasteiger partial charge in [0.05, 0.1) is 17.0 Å². The van der Waals surface area contributed by atoms with Crippen LogP contribution in [0.15, 0.2) is 12.3 Å². The molecule has 0 aromatic carbocycles. The maximum atomic E-state index is 11.2. The lowest BCUT2D eigenvalue weighted by atomic mass is 10.3. The van der Waals surface area contributed by atoms with Gasteiger partial charge in [-0.3, -0.25) is 4.79 Å². The lowest BCUT2D eigenvalue weighted by Crippen LogP contribution is -2.03. The first-order valence-corrected chi connectivity index (χ1v) is 5.19. The molecule has 0 N–H and O–H groups in total. The molecular formula is C9H8IN3O. The molecule has 0 aliphatic heterocycles. The predicted molar refractivity (Wildman–Crippen MR) is 60.8 cm³/mol. The van der Waals surface area contributed by atoms with Crippen LogP contribution in [0.1, 0.15) is 21.7 Å². The average Bonchev–Trinajstić information content (AvgIpc) is 2.46. The van der Waals surface area contributed by atoms with Gasteiger partial charge in [-0.15, -0.1) is 0 Å². The Balaban J connectivity index is 2.80. The Labute approximate surface area is 94.5 Å². The zero-order chi connectivity index (χ0) is 10.3. The van der Waals surface area contributed by atoms with Crippen molar-refractivity contribution in [2.75, 3.05) is 0 Å². The summed E-state index contributed by atoms with van der Waals surface area (Å²) < 4.78 is 1.68. The van der Waals surface area contributed by atoms with Gasteiger partial charge in [-0.2, -0.15) is 5.10 Å². The van der Waals surface area contributed by atoms with E-state index in [9.17, 15) is 4.79 Å². The van der Waals surface area contributed by atoms with Crippen LogP contribution in [-0.2, 0) is 0 Å². The van der Waals surface area contributed by atoms with Crippen molar-refractivity contribution >= 4 is 32.0 Å². The van der Waals surface area contributed by atoms with Crippen molar-refractivity contribution in [2.24, 2.45) is 0 Å². The lowest BCUT2D eigenvalue weighted by molar-refractivity contribution is 0.110. The molecular weight excluding hydrogens is 293 g/mol. The molecule has 2 aromatic rings. The number of hydrogen-bond donors (Lipinski definition) is 0. The molecule has 0 aliphatic rings. The van der Waals surface area contributed by atoms with Crippen molar-refractivity contribution in [3.8, 4) is 0 Å². The van der Waals surface area contributed by atoms with Gasteiger partial charge in [-0.25, -0.2) is 9.50 Å². The number of halogens is 1. The second kappa shape index (κ2) is 3.30. The minimum atomic E-state index is -0.0114. The molecule has 0 aliphatic carbocycles. The molecule has 0 radical (unpaired) electrons. The van der Waals surface area contributed by atoms with Crippen molar-refractivity contribution in [1.82, 2.24) is 14.6 Å². The highest BCUT2D eigenvalue weighted by atomic mass is 127. The van der Waals surface area contributed by atoms with E-state index < -0.39 is 0 Å². The summed E-state index contributed by atoms with van der Waals surface area (Å²) in [6.07, 6.45) is 1.60. The molecule has 0 amide bonds. The van der Waals surface area contributed by atoms with Crippen LogP contribution in [0.5, 0.6) is 0 Å². The number of fused-ring (bicyclic) bond motifs is 1. The Bertz CT molecular complexity index is 518. The third kappa shape index (κ3) is 1.41. The third-order valence-electron chi connectivity index (χ3n) is 2.06. The average molecular weight is 301 g/mol.